The molecule has 1 aromatic heterocycles. The third-order valence-electron chi connectivity index (χ3n) is 4.08. The fraction of sp³-hybridized carbons (Fsp3) is 0.692. The van der Waals surface area contributed by atoms with Crippen molar-refractivity contribution in [2.75, 3.05) is 45.0 Å². The summed E-state index contributed by atoms with van der Waals surface area (Å²) in [4.78, 5) is 13.0. The number of hydrogen-bond acceptors (Lipinski definition) is 5. The quantitative estimate of drug-likeness (QED) is 0.896. The van der Waals surface area contributed by atoms with Crippen molar-refractivity contribution in [2.45, 2.75) is 24.8 Å². The summed E-state index contributed by atoms with van der Waals surface area (Å²) in [5.74, 6) is 1.38. The van der Waals surface area contributed by atoms with Gasteiger partial charge in [0.25, 0.3) is 0 Å². The van der Waals surface area contributed by atoms with Crippen LogP contribution in [0, 0.1) is 0 Å². The van der Waals surface area contributed by atoms with E-state index in [1.807, 2.05) is 7.05 Å². The van der Waals surface area contributed by atoms with Crippen molar-refractivity contribution >= 4 is 23.4 Å². The number of hydrogen-bond donors (Lipinski definition) is 1. The van der Waals surface area contributed by atoms with E-state index >= 15 is 0 Å². The Hall–Kier alpha value is -1.07. The average molecular weight is 284 g/mol. The second kappa shape index (κ2) is 5.51. The zero-order valence-electron chi connectivity index (χ0n) is 12.1. The highest BCUT2D eigenvalue weighted by molar-refractivity contribution is 6.32. The monoisotopic (exact) mass is 283 g/mol. The van der Waals surface area contributed by atoms with Gasteiger partial charge >= 0.3 is 0 Å². The zero-order valence-corrected chi connectivity index (χ0v) is 12.8. The first-order valence-corrected chi connectivity index (χ1v) is 6.95. The van der Waals surface area contributed by atoms with Gasteiger partial charge < -0.3 is 15.1 Å². The Labute approximate surface area is 120 Å². The molecule has 5 nitrogen and oxygen atoms in total. The van der Waals surface area contributed by atoms with Gasteiger partial charge in [0.1, 0.15) is 5.02 Å². The molecule has 1 N–H and O–H groups in total. The maximum Gasteiger partial charge on any atom is 0.224 e. The molecule has 0 bridgehead atoms. The molecule has 1 heterocycles. The van der Waals surface area contributed by atoms with Crippen molar-refractivity contribution in [3.05, 3.63) is 11.2 Å². The van der Waals surface area contributed by atoms with Crippen molar-refractivity contribution in [2.24, 2.45) is 0 Å². The average Bonchev–Trinajstić information content (AvgIpc) is 2.33. The first kappa shape index (κ1) is 14.3. The van der Waals surface area contributed by atoms with Gasteiger partial charge in [0.15, 0.2) is 5.82 Å². The number of rotatable bonds is 5. The fourth-order valence-electron chi connectivity index (χ4n) is 2.59. The van der Waals surface area contributed by atoms with E-state index in [1.165, 1.54) is 19.3 Å². The van der Waals surface area contributed by atoms with Crippen LogP contribution in [0.1, 0.15) is 19.3 Å². The Morgan fingerprint density at radius 2 is 2.05 bits per heavy atom. The highest BCUT2D eigenvalue weighted by atomic mass is 35.5. The van der Waals surface area contributed by atoms with Crippen LogP contribution in [0.4, 0.5) is 11.8 Å². The lowest BCUT2D eigenvalue weighted by atomic mass is 9.75. The molecule has 1 aliphatic carbocycles. The SMILES string of the molecule is CNc1ncc(Cl)c(N(C)CC2(N(C)C)CCC2)n1. The van der Waals surface area contributed by atoms with Crippen LogP contribution < -0.4 is 10.2 Å². The smallest absolute Gasteiger partial charge is 0.224 e. The molecular weight excluding hydrogens is 262 g/mol. The number of nitrogens with one attached hydrogen (secondary N) is 1. The summed E-state index contributed by atoms with van der Waals surface area (Å²) in [6.07, 6.45) is 5.40. The van der Waals surface area contributed by atoms with Crippen LogP contribution in [0.25, 0.3) is 0 Å². The summed E-state index contributed by atoms with van der Waals surface area (Å²) in [5, 5.41) is 3.54. The molecule has 0 spiro atoms. The second-order valence-electron chi connectivity index (χ2n) is 5.44. The lowest BCUT2D eigenvalue weighted by Crippen LogP contribution is -2.56. The molecule has 0 atom stereocenters. The molecule has 0 aromatic carbocycles. The van der Waals surface area contributed by atoms with Gasteiger partial charge in [0.05, 0.1) is 6.20 Å². The Morgan fingerprint density at radius 1 is 1.37 bits per heavy atom. The summed E-state index contributed by atoms with van der Waals surface area (Å²) in [6.45, 7) is 0.930. The molecular formula is C13H22ClN5. The molecule has 1 aromatic rings. The van der Waals surface area contributed by atoms with Gasteiger partial charge in [-0.1, -0.05) is 11.6 Å². The van der Waals surface area contributed by atoms with Crippen LogP contribution in [-0.2, 0) is 0 Å². The highest BCUT2D eigenvalue weighted by Crippen LogP contribution is 2.38. The largest absolute Gasteiger partial charge is 0.357 e. The van der Waals surface area contributed by atoms with Crippen LogP contribution >= 0.6 is 11.6 Å². The molecule has 1 aliphatic rings. The van der Waals surface area contributed by atoms with Crippen LogP contribution in [-0.4, -0.2) is 55.1 Å². The lowest BCUT2D eigenvalue weighted by molar-refractivity contribution is 0.0682. The summed E-state index contributed by atoms with van der Waals surface area (Å²) >= 11 is 6.21. The minimum Gasteiger partial charge on any atom is -0.357 e. The van der Waals surface area contributed by atoms with E-state index < -0.39 is 0 Å². The van der Waals surface area contributed by atoms with Crippen LogP contribution in [0.15, 0.2) is 6.20 Å². The molecule has 2 rings (SSSR count). The van der Waals surface area contributed by atoms with Gasteiger partial charge in [-0.15, -0.1) is 0 Å². The van der Waals surface area contributed by atoms with Crippen LogP contribution in [0.2, 0.25) is 5.02 Å². The van der Waals surface area contributed by atoms with E-state index in [-0.39, 0.29) is 5.54 Å². The Kier molecular flexibility index (Phi) is 4.16. The molecule has 0 saturated heterocycles. The van der Waals surface area contributed by atoms with E-state index in [2.05, 4.69) is 39.2 Å². The molecule has 0 amide bonds. The number of aromatic nitrogens is 2. The van der Waals surface area contributed by atoms with E-state index in [0.29, 0.717) is 11.0 Å². The number of likely N-dealkylation sites (N-methyl/N-ethyl adjacent to an activating group) is 2. The third kappa shape index (κ3) is 2.77. The normalized spacial score (nSPS) is 17.2. The minimum atomic E-state index is 0.253. The van der Waals surface area contributed by atoms with Crippen LogP contribution in [0.5, 0.6) is 0 Å². The van der Waals surface area contributed by atoms with Crippen molar-refractivity contribution in [1.82, 2.24) is 14.9 Å². The number of nitrogens with zero attached hydrogens (tertiary/aromatic N) is 4. The minimum absolute atomic E-state index is 0.253. The summed E-state index contributed by atoms with van der Waals surface area (Å²) in [5.41, 5.74) is 0.253. The van der Waals surface area contributed by atoms with Gasteiger partial charge in [-0.2, -0.15) is 4.98 Å². The van der Waals surface area contributed by atoms with Crippen LogP contribution in [0.3, 0.4) is 0 Å². The highest BCUT2D eigenvalue weighted by Gasteiger charge is 2.40. The van der Waals surface area contributed by atoms with E-state index in [4.69, 9.17) is 11.6 Å². The van der Waals surface area contributed by atoms with Gasteiger partial charge in [-0.25, -0.2) is 4.98 Å². The predicted molar refractivity (Wildman–Crippen MR) is 80.1 cm³/mol. The Bertz CT molecular complexity index is 445. The molecule has 1 saturated carbocycles. The molecule has 1 fully saturated rings. The van der Waals surface area contributed by atoms with E-state index in [1.54, 1.807) is 13.2 Å². The topological polar surface area (TPSA) is 44.3 Å². The van der Waals surface area contributed by atoms with Crippen molar-refractivity contribution in [1.29, 1.82) is 0 Å². The first-order valence-electron chi connectivity index (χ1n) is 6.57. The van der Waals surface area contributed by atoms with Crippen molar-refractivity contribution < 1.29 is 0 Å². The second-order valence-corrected chi connectivity index (χ2v) is 5.85. The standard InChI is InChI=1S/C13H22ClN5/c1-15-12-16-8-10(14)11(17-12)19(4)9-13(18(2)3)6-5-7-13/h8H,5-7,9H2,1-4H3,(H,15,16,17). The van der Waals surface area contributed by atoms with Crippen molar-refractivity contribution in [3.63, 3.8) is 0 Å². The summed E-state index contributed by atoms with van der Waals surface area (Å²) in [7, 11) is 8.14. The molecule has 0 radical (unpaired) electrons. The van der Waals surface area contributed by atoms with E-state index in [9.17, 15) is 0 Å². The Balaban J connectivity index is 2.17. The summed E-state index contributed by atoms with van der Waals surface area (Å²) in [6, 6.07) is 0. The maximum absolute atomic E-state index is 6.21. The Morgan fingerprint density at radius 3 is 2.53 bits per heavy atom. The van der Waals surface area contributed by atoms with Gasteiger partial charge in [0.2, 0.25) is 5.95 Å². The zero-order chi connectivity index (χ0) is 14.0. The van der Waals surface area contributed by atoms with Gasteiger partial charge in [-0.3, -0.25) is 0 Å². The fourth-order valence-corrected chi connectivity index (χ4v) is 2.83. The molecule has 0 aliphatic heterocycles. The summed E-state index contributed by atoms with van der Waals surface area (Å²) < 4.78 is 0. The number of halogens is 1. The molecule has 106 valence electrons. The lowest BCUT2D eigenvalue weighted by Gasteiger charge is -2.49. The molecule has 0 unspecified atom stereocenters. The molecule has 6 heteroatoms. The van der Waals surface area contributed by atoms with Crippen molar-refractivity contribution in [3.8, 4) is 0 Å². The molecule has 19 heavy (non-hydrogen) atoms. The third-order valence-corrected chi connectivity index (χ3v) is 4.34. The van der Waals surface area contributed by atoms with E-state index in [0.717, 1.165) is 12.4 Å². The van der Waals surface area contributed by atoms with Gasteiger partial charge in [-0.05, 0) is 33.4 Å². The first-order chi connectivity index (χ1) is 8.98. The predicted octanol–water partition coefficient (Wildman–Crippen LogP) is 2.09. The number of anilines is 2. The van der Waals surface area contributed by atoms with Gasteiger partial charge in [0, 0.05) is 26.2 Å². The maximum atomic E-state index is 6.21.